The molecule has 2 unspecified atom stereocenters. The third-order valence-electron chi connectivity index (χ3n) is 5.13. The van der Waals surface area contributed by atoms with E-state index in [9.17, 15) is 13.2 Å². The molecule has 3 N–H and O–H groups in total. The topological polar surface area (TPSA) is 102 Å². The van der Waals surface area contributed by atoms with Crippen molar-refractivity contribution in [3.05, 3.63) is 59.7 Å². The van der Waals surface area contributed by atoms with E-state index in [0.29, 0.717) is 5.75 Å². The largest absolute Gasteiger partial charge is 0.496 e. The molecule has 0 aromatic heterocycles. The van der Waals surface area contributed by atoms with Gasteiger partial charge in [-0.1, -0.05) is 30.3 Å². The Kier molecular flexibility index (Phi) is 6.02. The second-order valence-electron chi connectivity index (χ2n) is 6.95. The Bertz CT molecular complexity index is 947. The zero-order chi connectivity index (χ0) is 20.3. The number of carbonyl (C=O) groups excluding carboxylic acids is 1. The van der Waals surface area contributed by atoms with E-state index in [1.165, 1.54) is 30.9 Å². The van der Waals surface area contributed by atoms with Crippen molar-refractivity contribution in [2.24, 2.45) is 5.14 Å². The zero-order valence-corrected chi connectivity index (χ0v) is 16.8. The molecule has 1 aliphatic heterocycles. The fraction of sp³-hybridized carbons (Fsp3) is 0.350. The van der Waals surface area contributed by atoms with Gasteiger partial charge in [-0.2, -0.15) is 0 Å². The average Bonchev–Trinajstić information content (AvgIpc) is 3.15. The summed E-state index contributed by atoms with van der Waals surface area (Å²) in [4.78, 5) is 15.0. The minimum atomic E-state index is -3.91. The SMILES string of the molecule is COc1ccc(S(N)(=O)=O)cc1C(=O)NC1CCN(C(C)c2ccccc2)C1. The van der Waals surface area contributed by atoms with Gasteiger partial charge >= 0.3 is 0 Å². The molecule has 1 heterocycles. The van der Waals surface area contributed by atoms with Crippen molar-refractivity contribution in [2.45, 2.75) is 30.3 Å². The van der Waals surface area contributed by atoms with Crippen molar-refractivity contribution >= 4 is 15.9 Å². The molecular formula is C20H25N3O4S. The third-order valence-corrected chi connectivity index (χ3v) is 6.04. The van der Waals surface area contributed by atoms with Gasteiger partial charge < -0.3 is 10.1 Å². The minimum absolute atomic E-state index is 0.0264. The van der Waals surface area contributed by atoms with Gasteiger partial charge in [0.05, 0.1) is 17.6 Å². The number of likely N-dealkylation sites (tertiary alicyclic amines) is 1. The van der Waals surface area contributed by atoms with Crippen molar-refractivity contribution in [3.63, 3.8) is 0 Å². The van der Waals surface area contributed by atoms with Crippen LogP contribution in [0.2, 0.25) is 0 Å². The van der Waals surface area contributed by atoms with Crippen LogP contribution >= 0.6 is 0 Å². The molecule has 28 heavy (non-hydrogen) atoms. The normalized spacial score (nSPS) is 18.6. The van der Waals surface area contributed by atoms with E-state index in [1.54, 1.807) is 0 Å². The number of amides is 1. The maximum absolute atomic E-state index is 12.8. The molecule has 0 aliphatic carbocycles. The van der Waals surface area contributed by atoms with E-state index >= 15 is 0 Å². The van der Waals surface area contributed by atoms with Crippen LogP contribution in [-0.4, -0.2) is 45.5 Å². The Balaban J connectivity index is 1.70. The summed E-state index contributed by atoms with van der Waals surface area (Å²) in [5.41, 5.74) is 1.39. The summed E-state index contributed by atoms with van der Waals surface area (Å²) in [6.07, 6.45) is 0.820. The highest BCUT2D eigenvalue weighted by molar-refractivity contribution is 7.89. The summed E-state index contributed by atoms with van der Waals surface area (Å²) in [5, 5.41) is 8.17. The number of hydrogen-bond acceptors (Lipinski definition) is 5. The standard InChI is InChI=1S/C20H25N3O4S/c1-14(15-6-4-3-5-7-15)23-11-10-16(13-23)22-20(24)18-12-17(28(21,25)26)8-9-19(18)27-2/h3-9,12,14,16H,10-11,13H2,1-2H3,(H,22,24)(H2,21,25,26). The zero-order valence-electron chi connectivity index (χ0n) is 16.0. The van der Waals surface area contributed by atoms with Gasteiger partial charge in [0.25, 0.3) is 5.91 Å². The summed E-state index contributed by atoms with van der Waals surface area (Å²) in [6, 6.07) is 14.5. The predicted octanol–water partition coefficient (Wildman–Crippen LogP) is 1.91. The molecule has 150 valence electrons. The highest BCUT2D eigenvalue weighted by Crippen LogP contribution is 2.26. The fourth-order valence-electron chi connectivity index (χ4n) is 3.50. The monoisotopic (exact) mass is 403 g/mol. The van der Waals surface area contributed by atoms with Crippen LogP contribution in [0.1, 0.15) is 35.3 Å². The van der Waals surface area contributed by atoms with Crippen molar-refractivity contribution in [1.82, 2.24) is 10.2 Å². The number of primary sulfonamides is 1. The van der Waals surface area contributed by atoms with Gasteiger partial charge in [0.1, 0.15) is 5.75 Å². The number of rotatable bonds is 6. The van der Waals surface area contributed by atoms with Crippen LogP contribution < -0.4 is 15.2 Å². The van der Waals surface area contributed by atoms with Crippen LogP contribution in [0.3, 0.4) is 0 Å². The Morgan fingerprint density at radius 3 is 2.61 bits per heavy atom. The lowest BCUT2D eigenvalue weighted by Gasteiger charge is -2.25. The molecule has 1 aliphatic rings. The Hall–Kier alpha value is -2.42. The van der Waals surface area contributed by atoms with Crippen LogP contribution in [0, 0.1) is 0 Å². The van der Waals surface area contributed by atoms with E-state index in [1.807, 2.05) is 18.2 Å². The van der Waals surface area contributed by atoms with Crippen LogP contribution in [0.4, 0.5) is 0 Å². The molecule has 0 spiro atoms. The first-order valence-corrected chi connectivity index (χ1v) is 10.6. The average molecular weight is 404 g/mol. The van der Waals surface area contributed by atoms with E-state index in [-0.39, 0.29) is 28.4 Å². The number of benzene rings is 2. The van der Waals surface area contributed by atoms with E-state index < -0.39 is 10.0 Å². The van der Waals surface area contributed by atoms with Gasteiger partial charge in [-0.3, -0.25) is 9.69 Å². The molecule has 0 bridgehead atoms. The molecule has 8 heteroatoms. The second-order valence-corrected chi connectivity index (χ2v) is 8.51. The number of sulfonamides is 1. The predicted molar refractivity (Wildman–Crippen MR) is 107 cm³/mol. The summed E-state index contributed by atoms with van der Waals surface area (Å²) in [5.74, 6) is -0.0704. The first kappa shape index (κ1) is 20.3. The Morgan fingerprint density at radius 1 is 1.25 bits per heavy atom. The molecular weight excluding hydrogens is 378 g/mol. The van der Waals surface area contributed by atoms with Gasteiger partial charge in [-0.15, -0.1) is 0 Å². The first-order valence-electron chi connectivity index (χ1n) is 9.10. The van der Waals surface area contributed by atoms with E-state index in [0.717, 1.165) is 19.5 Å². The first-order chi connectivity index (χ1) is 13.3. The Labute approximate surface area is 165 Å². The van der Waals surface area contributed by atoms with Crippen LogP contribution in [0.15, 0.2) is 53.4 Å². The number of methoxy groups -OCH3 is 1. The molecule has 1 saturated heterocycles. The van der Waals surface area contributed by atoms with E-state index in [2.05, 4.69) is 29.3 Å². The molecule has 1 amide bonds. The molecule has 2 aromatic rings. The number of nitrogens with two attached hydrogens (primary N) is 1. The summed E-state index contributed by atoms with van der Waals surface area (Å²) in [6.45, 7) is 3.74. The van der Waals surface area contributed by atoms with Gasteiger partial charge in [0, 0.05) is 25.2 Å². The quantitative estimate of drug-likeness (QED) is 0.767. The lowest BCUT2D eigenvalue weighted by atomic mass is 10.1. The maximum atomic E-state index is 12.8. The number of hydrogen-bond donors (Lipinski definition) is 2. The summed E-state index contributed by atoms with van der Waals surface area (Å²) in [7, 11) is -2.47. The van der Waals surface area contributed by atoms with Crippen LogP contribution in [0.5, 0.6) is 5.75 Å². The van der Waals surface area contributed by atoms with Gasteiger partial charge in [0.2, 0.25) is 10.0 Å². The second kappa shape index (κ2) is 8.30. The van der Waals surface area contributed by atoms with Crippen molar-refractivity contribution in [3.8, 4) is 5.75 Å². The minimum Gasteiger partial charge on any atom is -0.496 e. The number of ether oxygens (including phenoxy) is 1. The summed E-state index contributed by atoms with van der Waals surface area (Å²) >= 11 is 0. The number of nitrogens with one attached hydrogen (secondary N) is 1. The van der Waals surface area contributed by atoms with Gasteiger partial charge in [0.15, 0.2) is 0 Å². The molecule has 2 aromatic carbocycles. The molecule has 7 nitrogen and oxygen atoms in total. The molecule has 1 fully saturated rings. The van der Waals surface area contributed by atoms with Gasteiger partial charge in [-0.25, -0.2) is 13.6 Å². The smallest absolute Gasteiger partial charge is 0.255 e. The lowest BCUT2D eigenvalue weighted by molar-refractivity contribution is 0.0933. The number of carbonyl (C=O) groups is 1. The highest BCUT2D eigenvalue weighted by atomic mass is 32.2. The fourth-order valence-corrected chi connectivity index (χ4v) is 4.04. The van der Waals surface area contributed by atoms with Crippen LogP contribution in [0.25, 0.3) is 0 Å². The van der Waals surface area contributed by atoms with Crippen molar-refractivity contribution in [1.29, 1.82) is 0 Å². The third kappa shape index (κ3) is 4.52. The molecule has 0 saturated carbocycles. The highest BCUT2D eigenvalue weighted by Gasteiger charge is 2.29. The van der Waals surface area contributed by atoms with Crippen molar-refractivity contribution in [2.75, 3.05) is 20.2 Å². The Morgan fingerprint density at radius 2 is 1.96 bits per heavy atom. The molecule has 0 radical (unpaired) electrons. The summed E-state index contributed by atoms with van der Waals surface area (Å²) < 4.78 is 28.4. The van der Waals surface area contributed by atoms with Crippen LogP contribution in [-0.2, 0) is 10.0 Å². The molecule has 3 rings (SSSR count). The number of nitrogens with zero attached hydrogens (tertiary/aromatic N) is 1. The van der Waals surface area contributed by atoms with E-state index in [4.69, 9.17) is 9.88 Å². The van der Waals surface area contributed by atoms with Crippen molar-refractivity contribution < 1.29 is 17.9 Å². The molecule has 2 atom stereocenters. The lowest BCUT2D eigenvalue weighted by Crippen LogP contribution is -2.37. The maximum Gasteiger partial charge on any atom is 0.255 e. The van der Waals surface area contributed by atoms with Gasteiger partial charge in [-0.05, 0) is 37.1 Å².